The van der Waals surface area contributed by atoms with Gasteiger partial charge in [0.05, 0.1) is 6.42 Å². The van der Waals surface area contributed by atoms with Crippen molar-refractivity contribution in [2.75, 3.05) is 13.1 Å². The molecular weight excluding hydrogens is 254 g/mol. The number of rotatable bonds is 7. The number of oxime groups is 1. The van der Waals surface area contributed by atoms with E-state index >= 15 is 0 Å². The van der Waals surface area contributed by atoms with Crippen LogP contribution in [0, 0.1) is 0 Å². The second kappa shape index (κ2) is 8.19. The SMILES string of the molecule is CCCCN(CC)C(=O)Cc1ccc(C(N)=NO)cc1. The number of benzene rings is 1. The van der Waals surface area contributed by atoms with Gasteiger partial charge in [-0.25, -0.2) is 0 Å². The molecule has 3 N–H and O–H groups in total. The van der Waals surface area contributed by atoms with Crippen molar-refractivity contribution in [1.29, 1.82) is 0 Å². The Morgan fingerprint density at radius 1 is 1.30 bits per heavy atom. The van der Waals surface area contributed by atoms with Gasteiger partial charge < -0.3 is 15.8 Å². The largest absolute Gasteiger partial charge is 0.409 e. The van der Waals surface area contributed by atoms with Crippen LogP contribution in [-0.4, -0.2) is 34.9 Å². The van der Waals surface area contributed by atoms with Gasteiger partial charge in [0.1, 0.15) is 0 Å². The standard InChI is InChI=1S/C15H23N3O2/c1-3-5-10-18(4-2)14(19)11-12-6-8-13(9-7-12)15(16)17-20/h6-9,20H,3-5,10-11H2,1-2H3,(H2,16,17). The molecule has 0 atom stereocenters. The van der Waals surface area contributed by atoms with Gasteiger partial charge in [0.25, 0.3) is 0 Å². The maximum Gasteiger partial charge on any atom is 0.226 e. The smallest absolute Gasteiger partial charge is 0.226 e. The highest BCUT2D eigenvalue weighted by Crippen LogP contribution is 2.07. The van der Waals surface area contributed by atoms with Crippen molar-refractivity contribution in [2.45, 2.75) is 33.1 Å². The molecule has 0 heterocycles. The Bertz CT molecular complexity index is 455. The van der Waals surface area contributed by atoms with E-state index in [1.165, 1.54) is 0 Å². The third-order valence-electron chi connectivity index (χ3n) is 3.23. The first kappa shape index (κ1) is 16.0. The van der Waals surface area contributed by atoms with E-state index in [-0.39, 0.29) is 11.7 Å². The number of nitrogens with two attached hydrogens (primary N) is 1. The van der Waals surface area contributed by atoms with Crippen molar-refractivity contribution >= 4 is 11.7 Å². The molecule has 5 heteroatoms. The Morgan fingerprint density at radius 3 is 2.45 bits per heavy atom. The Morgan fingerprint density at radius 2 is 1.95 bits per heavy atom. The van der Waals surface area contributed by atoms with E-state index in [1.54, 1.807) is 12.1 Å². The molecule has 1 aromatic rings. The Kier molecular flexibility index (Phi) is 6.56. The van der Waals surface area contributed by atoms with Gasteiger partial charge in [-0.05, 0) is 18.9 Å². The highest BCUT2D eigenvalue weighted by Gasteiger charge is 2.11. The van der Waals surface area contributed by atoms with Gasteiger partial charge in [-0.1, -0.05) is 42.8 Å². The lowest BCUT2D eigenvalue weighted by atomic mass is 10.1. The molecule has 0 aliphatic heterocycles. The van der Waals surface area contributed by atoms with Crippen LogP contribution in [0.2, 0.25) is 0 Å². The van der Waals surface area contributed by atoms with Crippen LogP contribution < -0.4 is 5.73 Å². The number of hydrogen-bond donors (Lipinski definition) is 2. The molecule has 1 rings (SSSR count). The molecule has 1 amide bonds. The molecule has 0 aliphatic carbocycles. The fourth-order valence-electron chi connectivity index (χ4n) is 1.95. The van der Waals surface area contributed by atoms with Crippen LogP contribution in [-0.2, 0) is 11.2 Å². The lowest BCUT2D eigenvalue weighted by Crippen LogP contribution is -2.33. The third-order valence-corrected chi connectivity index (χ3v) is 3.23. The van der Waals surface area contributed by atoms with Gasteiger partial charge in [0.15, 0.2) is 5.84 Å². The van der Waals surface area contributed by atoms with Crippen LogP contribution in [0.3, 0.4) is 0 Å². The van der Waals surface area contributed by atoms with Gasteiger partial charge in [-0.2, -0.15) is 0 Å². The molecule has 20 heavy (non-hydrogen) atoms. The highest BCUT2D eigenvalue weighted by molar-refractivity contribution is 5.97. The van der Waals surface area contributed by atoms with Crippen molar-refractivity contribution in [3.05, 3.63) is 35.4 Å². The lowest BCUT2D eigenvalue weighted by molar-refractivity contribution is -0.130. The Hall–Kier alpha value is -2.04. The van der Waals surface area contributed by atoms with Gasteiger partial charge in [0.2, 0.25) is 5.91 Å². The average molecular weight is 277 g/mol. The third kappa shape index (κ3) is 4.57. The van der Waals surface area contributed by atoms with E-state index in [1.807, 2.05) is 24.0 Å². The quantitative estimate of drug-likeness (QED) is 0.346. The number of unbranched alkanes of at least 4 members (excludes halogenated alkanes) is 1. The van der Waals surface area contributed by atoms with Crippen LogP contribution in [0.25, 0.3) is 0 Å². The normalized spacial score (nSPS) is 11.4. The minimum atomic E-state index is 0.0704. The molecule has 1 aromatic carbocycles. The zero-order chi connectivity index (χ0) is 15.0. The minimum Gasteiger partial charge on any atom is -0.409 e. The highest BCUT2D eigenvalue weighted by atomic mass is 16.4. The van der Waals surface area contributed by atoms with Crippen LogP contribution in [0.5, 0.6) is 0 Å². The molecule has 110 valence electrons. The van der Waals surface area contributed by atoms with Crippen molar-refractivity contribution in [1.82, 2.24) is 4.90 Å². The Balaban J connectivity index is 2.65. The van der Waals surface area contributed by atoms with Crippen molar-refractivity contribution in [3.63, 3.8) is 0 Å². The van der Waals surface area contributed by atoms with E-state index < -0.39 is 0 Å². The lowest BCUT2D eigenvalue weighted by Gasteiger charge is -2.20. The molecule has 0 saturated carbocycles. The summed E-state index contributed by atoms with van der Waals surface area (Å²) in [5.74, 6) is 0.207. The molecule has 0 aliphatic rings. The number of amidine groups is 1. The fraction of sp³-hybridized carbons (Fsp3) is 0.467. The number of likely N-dealkylation sites (N-methyl/N-ethyl adjacent to an activating group) is 1. The van der Waals surface area contributed by atoms with E-state index in [4.69, 9.17) is 10.9 Å². The first-order valence-corrected chi connectivity index (χ1v) is 6.97. The van der Waals surface area contributed by atoms with E-state index in [9.17, 15) is 4.79 Å². The summed E-state index contributed by atoms with van der Waals surface area (Å²) in [6.45, 7) is 5.66. The molecule has 0 unspecified atom stereocenters. The van der Waals surface area contributed by atoms with Crippen LogP contribution in [0.15, 0.2) is 29.4 Å². The zero-order valence-electron chi connectivity index (χ0n) is 12.2. The summed E-state index contributed by atoms with van der Waals surface area (Å²) in [7, 11) is 0. The van der Waals surface area contributed by atoms with Crippen molar-refractivity contribution in [2.24, 2.45) is 10.9 Å². The molecule has 0 saturated heterocycles. The topological polar surface area (TPSA) is 78.9 Å². The number of hydrogen-bond acceptors (Lipinski definition) is 3. The van der Waals surface area contributed by atoms with Crippen LogP contribution >= 0.6 is 0 Å². The fourth-order valence-corrected chi connectivity index (χ4v) is 1.95. The van der Waals surface area contributed by atoms with E-state index in [2.05, 4.69) is 12.1 Å². The molecule has 0 bridgehead atoms. The number of carbonyl (C=O) groups excluding carboxylic acids is 1. The second-order valence-electron chi connectivity index (χ2n) is 4.69. The first-order valence-electron chi connectivity index (χ1n) is 6.97. The average Bonchev–Trinajstić information content (AvgIpc) is 2.48. The van der Waals surface area contributed by atoms with Crippen molar-refractivity contribution < 1.29 is 10.0 Å². The number of nitrogens with zero attached hydrogens (tertiary/aromatic N) is 2. The van der Waals surface area contributed by atoms with E-state index in [0.717, 1.165) is 31.5 Å². The maximum absolute atomic E-state index is 12.2. The monoisotopic (exact) mass is 277 g/mol. The molecule has 0 aromatic heterocycles. The molecule has 0 spiro atoms. The molecule has 0 radical (unpaired) electrons. The summed E-state index contributed by atoms with van der Waals surface area (Å²) in [4.78, 5) is 14.0. The summed E-state index contributed by atoms with van der Waals surface area (Å²) < 4.78 is 0. The van der Waals surface area contributed by atoms with E-state index in [0.29, 0.717) is 12.0 Å². The zero-order valence-corrected chi connectivity index (χ0v) is 12.2. The van der Waals surface area contributed by atoms with Crippen LogP contribution in [0.4, 0.5) is 0 Å². The summed E-state index contributed by atoms with van der Waals surface area (Å²) in [5.41, 5.74) is 7.07. The summed E-state index contributed by atoms with van der Waals surface area (Å²) >= 11 is 0. The van der Waals surface area contributed by atoms with Gasteiger partial charge in [-0.15, -0.1) is 0 Å². The number of amides is 1. The minimum absolute atomic E-state index is 0.0704. The van der Waals surface area contributed by atoms with Crippen LogP contribution in [0.1, 0.15) is 37.8 Å². The van der Waals surface area contributed by atoms with Crippen molar-refractivity contribution in [3.8, 4) is 0 Å². The first-order chi connectivity index (χ1) is 9.62. The summed E-state index contributed by atoms with van der Waals surface area (Å²) in [6, 6.07) is 7.16. The molecule has 0 fully saturated rings. The van der Waals surface area contributed by atoms with Gasteiger partial charge in [0, 0.05) is 18.7 Å². The summed E-state index contributed by atoms with van der Waals surface area (Å²) in [6.07, 6.45) is 2.49. The number of carbonyl (C=O) groups is 1. The maximum atomic E-state index is 12.2. The summed E-state index contributed by atoms with van der Waals surface area (Å²) in [5, 5.41) is 11.5. The predicted molar refractivity (Wildman–Crippen MR) is 79.8 cm³/mol. The van der Waals surface area contributed by atoms with Gasteiger partial charge >= 0.3 is 0 Å². The predicted octanol–water partition coefficient (Wildman–Crippen LogP) is 1.97. The van der Waals surface area contributed by atoms with Gasteiger partial charge in [-0.3, -0.25) is 4.79 Å². The molecular formula is C15H23N3O2. The Labute approximate surface area is 120 Å². The second-order valence-corrected chi connectivity index (χ2v) is 4.69. The molecule has 5 nitrogen and oxygen atoms in total.